The van der Waals surface area contributed by atoms with E-state index in [2.05, 4.69) is 19.2 Å². The van der Waals surface area contributed by atoms with Crippen LogP contribution in [0.5, 0.6) is 0 Å². The van der Waals surface area contributed by atoms with Crippen molar-refractivity contribution in [1.29, 1.82) is 0 Å². The Labute approximate surface area is 539 Å². The van der Waals surface area contributed by atoms with Gasteiger partial charge in [-0.3, -0.25) is 9.59 Å². The van der Waals surface area contributed by atoms with Crippen molar-refractivity contribution >= 4 is 11.9 Å². The molecule has 0 saturated carbocycles. The number of ether oxygens (including phenoxy) is 1. The molecule has 86 heavy (non-hydrogen) atoms. The fourth-order valence-corrected chi connectivity index (χ4v) is 13.0. The highest BCUT2D eigenvalue weighted by atomic mass is 16.5. The summed E-state index contributed by atoms with van der Waals surface area (Å²) in [6.45, 7) is 4.97. The summed E-state index contributed by atoms with van der Waals surface area (Å²) in [7, 11) is 0. The third-order valence-electron chi connectivity index (χ3n) is 19.1. The van der Waals surface area contributed by atoms with Crippen LogP contribution in [0, 0.1) is 0 Å². The lowest BCUT2D eigenvalue weighted by Gasteiger charge is -2.20. The molecule has 0 aliphatic heterocycles. The van der Waals surface area contributed by atoms with Gasteiger partial charge < -0.3 is 20.3 Å². The third kappa shape index (κ3) is 71.7. The van der Waals surface area contributed by atoms with Gasteiger partial charge in [-0.1, -0.05) is 431 Å². The van der Waals surface area contributed by atoms with Crippen molar-refractivity contribution in [3.63, 3.8) is 0 Å². The van der Waals surface area contributed by atoms with Gasteiger partial charge in [0.25, 0.3) is 0 Å². The Kier molecular flexibility index (Phi) is 74.8. The summed E-state index contributed by atoms with van der Waals surface area (Å²) < 4.78 is 5.52. The van der Waals surface area contributed by atoms with Crippen molar-refractivity contribution in [2.45, 2.75) is 475 Å². The van der Waals surface area contributed by atoms with E-state index >= 15 is 0 Å². The van der Waals surface area contributed by atoms with Crippen LogP contribution in [0.4, 0.5) is 0 Å². The van der Waals surface area contributed by atoms with Crippen LogP contribution < -0.4 is 5.32 Å². The molecule has 6 heteroatoms. The fraction of sp³-hybridized carbons (Fsp3) is 0.950. The number of unbranched alkanes of at least 4 members (excludes halogenated alkanes) is 65. The standard InChI is InChI=1S/C80H157NO5/c1-3-5-7-9-11-13-15-17-19-21-22-23-24-31-34-37-41-44-48-52-56-60-64-68-72-78(83)77(76-82)81-79(84)73-69-65-61-57-53-49-45-42-38-35-32-29-27-25-26-28-30-33-36-39-43-47-51-55-59-63-67-71-75-86-80(85)74-70-66-62-58-54-50-46-40-20-18-16-14-12-10-8-6-4-2/h68,72,77-78,82-83H,3-67,69-71,73-76H2,1-2H3,(H,81,84)/b72-68+. The predicted molar refractivity (Wildman–Crippen MR) is 380 cm³/mol. The van der Waals surface area contributed by atoms with Crippen LogP contribution in [0.25, 0.3) is 0 Å². The first-order chi connectivity index (χ1) is 42.5. The summed E-state index contributed by atoms with van der Waals surface area (Å²) >= 11 is 0. The van der Waals surface area contributed by atoms with Crippen LogP contribution in [0.1, 0.15) is 463 Å². The number of aliphatic hydroxyl groups excluding tert-OH is 2. The Morgan fingerprint density at radius 2 is 0.535 bits per heavy atom. The third-order valence-corrected chi connectivity index (χ3v) is 19.1. The van der Waals surface area contributed by atoms with E-state index in [0.717, 1.165) is 38.5 Å². The van der Waals surface area contributed by atoms with E-state index in [4.69, 9.17) is 4.74 Å². The van der Waals surface area contributed by atoms with Gasteiger partial charge in [-0.2, -0.15) is 0 Å². The van der Waals surface area contributed by atoms with Crippen molar-refractivity contribution in [2.75, 3.05) is 13.2 Å². The molecule has 0 aromatic carbocycles. The van der Waals surface area contributed by atoms with Crippen molar-refractivity contribution in [2.24, 2.45) is 0 Å². The maximum absolute atomic E-state index is 12.6. The molecule has 0 aliphatic carbocycles. The number of hydrogen-bond acceptors (Lipinski definition) is 5. The number of nitrogens with one attached hydrogen (secondary N) is 1. The van der Waals surface area contributed by atoms with Gasteiger partial charge in [0, 0.05) is 12.8 Å². The molecule has 0 heterocycles. The molecule has 1 amide bonds. The normalized spacial score (nSPS) is 12.5. The van der Waals surface area contributed by atoms with E-state index in [-0.39, 0.29) is 18.5 Å². The first-order valence-corrected chi connectivity index (χ1v) is 40.0. The second-order valence-electron chi connectivity index (χ2n) is 27.8. The molecule has 0 fully saturated rings. The Balaban J connectivity index is 3.35. The van der Waals surface area contributed by atoms with Crippen molar-refractivity contribution in [3.05, 3.63) is 12.2 Å². The Hall–Kier alpha value is -1.40. The zero-order chi connectivity index (χ0) is 62.0. The Morgan fingerprint density at radius 1 is 0.314 bits per heavy atom. The minimum atomic E-state index is -0.843. The Morgan fingerprint density at radius 3 is 0.791 bits per heavy atom. The van der Waals surface area contributed by atoms with Gasteiger partial charge in [0.05, 0.1) is 25.4 Å². The summed E-state index contributed by atoms with van der Waals surface area (Å²) in [5, 5.41) is 23.3. The maximum Gasteiger partial charge on any atom is 0.305 e. The van der Waals surface area contributed by atoms with Crippen molar-refractivity contribution in [3.8, 4) is 0 Å². The van der Waals surface area contributed by atoms with E-state index in [1.165, 1.54) is 398 Å². The number of allylic oxidation sites excluding steroid dienone is 1. The minimum absolute atomic E-state index is 0.0239. The highest BCUT2D eigenvalue weighted by Gasteiger charge is 2.18. The largest absolute Gasteiger partial charge is 0.466 e. The average Bonchev–Trinajstić information content (AvgIpc) is 3.59. The fourth-order valence-electron chi connectivity index (χ4n) is 13.0. The zero-order valence-corrected chi connectivity index (χ0v) is 58.8. The van der Waals surface area contributed by atoms with Gasteiger partial charge in [0.2, 0.25) is 5.91 Å². The number of aliphatic hydroxyl groups is 2. The number of rotatable bonds is 76. The molecule has 0 aromatic rings. The van der Waals surface area contributed by atoms with E-state index in [9.17, 15) is 19.8 Å². The molecule has 0 aliphatic rings. The Bertz CT molecular complexity index is 1300. The number of carbonyl (C=O) groups excluding carboxylic acids is 2. The molecule has 3 N–H and O–H groups in total. The molecular weight excluding hydrogens is 1050 g/mol. The smallest absolute Gasteiger partial charge is 0.305 e. The minimum Gasteiger partial charge on any atom is -0.466 e. The van der Waals surface area contributed by atoms with Crippen molar-refractivity contribution < 1.29 is 24.5 Å². The number of hydrogen-bond donors (Lipinski definition) is 3. The van der Waals surface area contributed by atoms with Gasteiger partial charge in [-0.05, 0) is 32.1 Å². The monoisotopic (exact) mass is 1210 g/mol. The SMILES string of the molecule is CCCCCCCCCCCCCCCCCCCCCCCC/C=C/C(O)C(CO)NC(=O)CCCCCCCCCCCCCCCCCCCCCCCCCCCCCCOC(=O)CCCCCCCCCCCCCCCCCCC. The lowest BCUT2D eigenvalue weighted by Crippen LogP contribution is -2.45. The highest BCUT2D eigenvalue weighted by molar-refractivity contribution is 5.76. The topological polar surface area (TPSA) is 95.9 Å². The molecule has 2 atom stereocenters. The number of amides is 1. The van der Waals surface area contributed by atoms with Crippen LogP contribution in [-0.2, 0) is 14.3 Å². The van der Waals surface area contributed by atoms with Gasteiger partial charge in [-0.15, -0.1) is 0 Å². The number of esters is 1. The zero-order valence-electron chi connectivity index (χ0n) is 58.8. The number of carbonyl (C=O) groups is 2. The van der Waals surface area contributed by atoms with Crippen molar-refractivity contribution in [1.82, 2.24) is 5.32 Å². The first kappa shape index (κ1) is 84.6. The molecule has 0 aromatic heterocycles. The van der Waals surface area contributed by atoms with E-state index < -0.39 is 12.1 Å². The summed E-state index contributed by atoms with van der Waals surface area (Å²) in [5.74, 6) is -0.0351. The summed E-state index contributed by atoms with van der Waals surface area (Å²) in [4.78, 5) is 24.7. The van der Waals surface area contributed by atoms with Crippen LogP contribution in [-0.4, -0.2) is 47.4 Å². The average molecular weight is 1210 g/mol. The second kappa shape index (κ2) is 76.1. The van der Waals surface area contributed by atoms with Gasteiger partial charge in [0.1, 0.15) is 0 Å². The maximum atomic E-state index is 12.6. The van der Waals surface area contributed by atoms with Gasteiger partial charge >= 0.3 is 5.97 Å². The molecule has 0 bridgehead atoms. The van der Waals surface area contributed by atoms with E-state index in [1.54, 1.807) is 6.08 Å². The molecule has 0 spiro atoms. The molecular formula is C80H157NO5. The second-order valence-corrected chi connectivity index (χ2v) is 27.8. The lowest BCUT2D eigenvalue weighted by molar-refractivity contribution is -0.143. The van der Waals surface area contributed by atoms with E-state index in [0.29, 0.717) is 19.4 Å². The summed E-state index contributed by atoms with van der Waals surface area (Å²) in [6.07, 6.45) is 96.2. The molecule has 0 saturated heterocycles. The molecule has 6 nitrogen and oxygen atoms in total. The summed E-state index contributed by atoms with van der Waals surface area (Å²) in [6, 6.07) is -0.626. The molecule has 0 radical (unpaired) electrons. The summed E-state index contributed by atoms with van der Waals surface area (Å²) in [5.41, 5.74) is 0. The molecule has 0 rings (SSSR count). The highest BCUT2D eigenvalue weighted by Crippen LogP contribution is 2.20. The predicted octanol–water partition coefficient (Wildman–Crippen LogP) is 26.3. The van der Waals surface area contributed by atoms with Crippen LogP contribution in [0.3, 0.4) is 0 Å². The van der Waals surface area contributed by atoms with E-state index in [1.807, 2.05) is 6.08 Å². The van der Waals surface area contributed by atoms with Crippen LogP contribution >= 0.6 is 0 Å². The van der Waals surface area contributed by atoms with Gasteiger partial charge in [-0.25, -0.2) is 0 Å². The lowest BCUT2D eigenvalue weighted by atomic mass is 10.0. The quantitative estimate of drug-likeness (QED) is 0.0320. The molecule has 512 valence electrons. The first-order valence-electron chi connectivity index (χ1n) is 40.0. The molecule has 2 unspecified atom stereocenters. The van der Waals surface area contributed by atoms with Crippen LogP contribution in [0.15, 0.2) is 12.2 Å². The van der Waals surface area contributed by atoms with Gasteiger partial charge in [0.15, 0.2) is 0 Å². The van der Waals surface area contributed by atoms with Crippen LogP contribution in [0.2, 0.25) is 0 Å².